The predicted molar refractivity (Wildman–Crippen MR) is 91.5 cm³/mol. The molecule has 1 amide bonds. The number of fused-ring (bicyclic) bond motifs is 1. The number of nitrogens with zero attached hydrogens (tertiary/aromatic N) is 1. The largest absolute Gasteiger partial charge is 0.348 e. The van der Waals surface area contributed by atoms with Crippen molar-refractivity contribution in [2.24, 2.45) is 7.05 Å². The molecule has 0 radical (unpaired) electrons. The zero-order chi connectivity index (χ0) is 16.4. The summed E-state index contributed by atoms with van der Waals surface area (Å²) >= 11 is 0. The molecule has 4 heteroatoms. The fourth-order valence-electron chi connectivity index (χ4n) is 2.60. The molecule has 0 saturated carbocycles. The first-order valence-corrected chi connectivity index (χ1v) is 7.49. The summed E-state index contributed by atoms with van der Waals surface area (Å²) in [6, 6.07) is 16.9. The van der Waals surface area contributed by atoms with Crippen LogP contribution in [0.3, 0.4) is 0 Å². The van der Waals surface area contributed by atoms with Crippen molar-refractivity contribution >= 4 is 16.8 Å². The summed E-state index contributed by atoms with van der Waals surface area (Å²) < 4.78 is 1.61. The molecule has 3 aromatic rings. The number of aromatic nitrogens is 1. The molecule has 0 spiro atoms. The normalized spacial score (nSPS) is 10.7. The van der Waals surface area contributed by atoms with E-state index in [1.807, 2.05) is 49.4 Å². The first-order valence-electron chi connectivity index (χ1n) is 7.49. The molecule has 0 unspecified atom stereocenters. The van der Waals surface area contributed by atoms with Gasteiger partial charge in [-0.3, -0.25) is 9.59 Å². The fourth-order valence-corrected chi connectivity index (χ4v) is 2.60. The minimum atomic E-state index is -0.180. The van der Waals surface area contributed by atoms with Crippen molar-refractivity contribution in [3.8, 4) is 0 Å². The second-order valence-corrected chi connectivity index (χ2v) is 5.64. The van der Waals surface area contributed by atoms with Gasteiger partial charge in [0.25, 0.3) is 11.5 Å². The highest BCUT2D eigenvalue weighted by molar-refractivity contribution is 5.94. The van der Waals surface area contributed by atoms with Crippen molar-refractivity contribution < 1.29 is 4.79 Å². The van der Waals surface area contributed by atoms with Gasteiger partial charge in [-0.25, -0.2) is 0 Å². The number of hydrogen-bond donors (Lipinski definition) is 1. The Balaban J connectivity index is 1.84. The molecule has 1 aromatic heterocycles. The fraction of sp³-hybridized carbons (Fsp3) is 0.158. The molecule has 0 bridgehead atoms. The molecule has 1 heterocycles. The van der Waals surface area contributed by atoms with Crippen molar-refractivity contribution in [2.45, 2.75) is 13.5 Å². The van der Waals surface area contributed by atoms with Gasteiger partial charge in [-0.15, -0.1) is 0 Å². The van der Waals surface area contributed by atoms with Crippen molar-refractivity contribution in [3.63, 3.8) is 0 Å². The Morgan fingerprint density at radius 1 is 1.09 bits per heavy atom. The van der Waals surface area contributed by atoms with Crippen LogP contribution in [0.2, 0.25) is 0 Å². The van der Waals surface area contributed by atoms with E-state index in [4.69, 9.17) is 0 Å². The van der Waals surface area contributed by atoms with Gasteiger partial charge in [-0.05, 0) is 36.6 Å². The number of para-hydroxylation sites is 1. The van der Waals surface area contributed by atoms with E-state index in [9.17, 15) is 9.59 Å². The van der Waals surface area contributed by atoms with E-state index in [2.05, 4.69) is 5.32 Å². The molecule has 0 fully saturated rings. The lowest BCUT2D eigenvalue weighted by Crippen LogP contribution is -2.29. The van der Waals surface area contributed by atoms with Crippen LogP contribution in [0.25, 0.3) is 10.9 Å². The molecule has 0 saturated heterocycles. The highest BCUT2D eigenvalue weighted by Crippen LogP contribution is 2.12. The Bertz CT molecular complexity index is 924. The smallest absolute Gasteiger partial charge is 0.255 e. The van der Waals surface area contributed by atoms with Gasteiger partial charge in [-0.1, -0.05) is 35.9 Å². The molecule has 2 aromatic carbocycles. The Labute approximate surface area is 134 Å². The van der Waals surface area contributed by atoms with Gasteiger partial charge in [-0.2, -0.15) is 0 Å². The maximum Gasteiger partial charge on any atom is 0.255 e. The van der Waals surface area contributed by atoms with Gasteiger partial charge in [0.15, 0.2) is 0 Å². The average Bonchev–Trinajstić information content (AvgIpc) is 2.57. The van der Waals surface area contributed by atoms with Crippen LogP contribution >= 0.6 is 0 Å². The van der Waals surface area contributed by atoms with E-state index in [1.54, 1.807) is 23.7 Å². The summed E-state index contributed by atoms with van der Waals surface area (Å²) in [4.78, 5) is 24.6. The summed E-state index contributed by atoms with van der Waals surface area (Å²) in [5, 5.41) is 3.80. The van der Waals surface area contributed by atoms with Crippen LogP contribution in [-0.4, -0.2) is 10.5 Å². The maximum absolute atomic E-state index is 12.4. The summed E-state index contributed by atoms with van der Waals surface area (Å²) in [6.45, 7) is 2.19. The zero-order valence-electron chi connectivity index (χ0n) is 13.2. The Hall–Kier alpha value is -2.88. The topological polar surface area (TPSA) is 51.1 Å². The van der Waals surface area contributed by atoms with Crippen LogP contribution in [0.1, 0.15) is 21.5 Å². The number of benzene rings is 2. The van der Waals surface area contributed by atoms with Gasteiger partial charge in [0.2, 0.25) is 0 Å². The third-order valence-electron chi connectivity index (χ3n) is 3.96. The third-order valence-corrected chi connectivity index (χ3v) is 3.96. The highest BCUT2D eigenvalue weighted by atomic mass is 16.2. The molecule has 1 N–H and O–H groups in total. The lowest BCUT2D eigenvalue weighted by atomic mass is 10.1. The van der Waals surface area contributed by atoms with Crippen molar-refractivity contribution in [1.82, 2.24) is 9.88 Å². The monoisotopic (exact) mass is 306 g/mol. The highest BCUT2D eigenvalue weighted by Gasteiger charge is 2.09. The van der Waals surface area contributed by atoms with Crippen molar-refractivity contribution in [2.75, 3.05) is 0 Å². The zero-order valence-corrected chi connectivity index (χ0v) is 13.2. The average molecular weight is 306 g/mol. The molecular formula is C19H18N2O2. The first-order chi connectivity index (χ1) is 11.1. The second kappa shape index (κ2) is 6.08. The summed E-state index contributed by atoms with van der Waals surface area (Å²) in [5.41, 5.74) is 3.06. The van der Waals surface area contributed by atoms with Gasteiger partial charge in [0.1, 0.15) is 0 Å². The number of nitrogens with one attached hydrogen (secondary N) is 1. The van der Waals surface area contributed by atoms with Gasteiger partial charge >= 0.3 is 0 Å². The Kier molecular flexibility index (Phi) is 3.98. The van der Waals surface area contributed by atoms with E-state index in [1.165, 1.54) is 0 Å². The van der Waals surface area contributed by atoms with E-state index >= 15 is 0 Å². The molecule has 0 aliphatic heterocycles. The first kappa shape index (κ1) is 15.0. The quantitative estimate of drug-likeness (QED) is 0.809. The molecule has 0 atom stereocenters. The molecule has 23 heavy (non-hydrogen) atoms. The maximum atomic E-state index is 12.4. The van der Waals surface area contributed by atoms with Crippen LogP contribution in [0.5, 0.6) is 0 Å². The minimum Gasteiger partial charge on any atom is -0.348 e. The van der Waals surface area contributed by atoms with Gasteiger partial charge in [0, 0.05) is 24.7 Å². The predicted octanol–water partition coefficient (Wildman–Crippen LogP) is 2.78. The standard InChI is InChI=1S/C19H18N2O2/c1-13-7-9-14(10-8-13)18(22)20-12-16-11-15-5-3-4-6-17(15)21(2)19(16)23/h3-11H,12H2,1-2H3,(H,20,22). The van der Waals surface area contributed by atoms with E-state index in [0.29, 0.717) is 11.1 Å². The number of rotatable bonds is 3. The Morgan fingerprint density at radius 3 is 2.52 bits per heavy atom. The van der Waals surface area contributed by atoms with Crippen molar-refractivity contribution in [1.29, 1.82) is 0 Å². The summed E-state index contributed by atoms with van der Waals surface area (Å²) in [5.74, 6) is -0.180. The third kappa shape index (κ3) is 3.01. The molecule has 4 nitrogen and oxygen atoms in total. The van der Waals surface area contributed by atoms with Gasteiger partial charge in [0.05, 0.1) is 5.52 Å². The van der Waals surface area contributed by atoms with Crippen molar-refractivity contribution in [3.05, 3.63) is 81.6 Å². The number of hydrogen-bond acceptors (Lipinski definition) is 2. The van der Waals surface area contributed by atoms with Crippen LogP contribution in [0.4, 0.5) is 0 Å². The summed E-state index contributed by atoms with van der Waals surface area (Å²) in [6.07, 6.45) is 0. The Morgan fingerprint density at radius 2 is 1.78 bits per heavy atom. The number of aryl methyl sites for hydroxylation is 2. The van der Waals surface area contributed by atoms with Crippen LogP contribution < -0.4 is 10.9 Å². The molecule has 0 aliphatic carbocycles. The summed E-state index contributed by atoms with van der Waals surface area (Å²) in [7, 11) is 1.75. The van der Waals surface area contributed by atoms with E-state index in [0.717, 1.165) is 16.5 Å². The molecule has 0 aliphatic rings. The van der Waals surface area contributed by atoms with Crippen LogP contribution in [0, 0.1) is 6.92 Å². The lowest BCUT2D eigenvalue weighted by molar-refractivity contribution is 0.0950. The minimum absolute atomic E-state index is 0.0899. The van der Waals surface area contributed by atoms with Crippen LogP contribution in [0.15, 0.2) is 59.4 Å². The van der Waals surface area contributed by atoms with E-state index in [-0.39, 0.29) is 18.0 Å². The van der Waals surface area contributed by atoms with Gasteiger partial charge < -0.3 is 9.88 Å². The number of pyridine rings is 1. The van der Waals surface area contributed by atoms with E-state index < -0.39 is 0 Å². The lowest BCUT2D eigenvalue weighted by Gasteiger charge is -2.10. The molecule has 3 rings (SSSR count). The number of carbonyl (C=O) groups is 1. The number of amides is 1. The second-order valence-electron chi connectivity index (χ2n) is 5.64. The number of carbonyl (C=O) groups excluding carboxylic acids is 1. The van der Waals surface area contributed by atoms with Crippen LogP contribution in [-0.2, 0) is 13.6 Å². The molecular weight excluding hydrogens is 288 g/mol. The molecule has 116 valence electrons. The SMILES string of the molecule is Cc1ccc(C(=O)NCc2cc3ccccc3n(C)c2=O)cc1.